The Hall–Kier alpha value is -1.92. The Kier molecular flexibility index (Phi) is 7.21. The van der Waals surface area contributed by atoms with Gasteiger partial charge < -0.3 is 15.0 Å². The van der Waals surface area contributed by atoms with Crippen molar-refractivity contribution >= 4 is 17.5 Å². The van der Waals surface area contributed by atoms with E-state index in [1.807, 2.05) is 38.1 Å². The van der Waals surface area contributed by atoms with Gasteiger partial charge in [0.1, 0.15) is 6.42 Å². The van der Waals surface area contributed by atoms with Crippen molar-refractivity contribution in [1.82, 2.24) is 10.2 Å². The third-order valence-corrected chi connectivity index (χ3v) is 4.10. The summed E-state index contributed by atoms with van der Waals surface area (Å²) in [7, 11) is 0. The molecule has 0 radical (unpaired) electrons. The fraction of sp³-hybridized carbons (Fsp3) is 0.556. The monoisotopic (exact) mass is 333 g/mol. The van der Waals surface area contributed by atoms with E-state index >= 15 is 0 Å². The van der Waals surface area contributed by atoms with Crippen LogP contribution in [0.25, 0.3) is 0 Å². The number of carbonyl (C=O) groups excluding carboxylic acids is 2. The van der Waals surface area contributed by atoms with Crippen LogP contribution in [0.2, 0.25) is 0 Å². The number of amides is 2. The standard InChI is InChI=1S/C18H27N3O3/c1-3-21(16-6-4-5-15(2)13-16)18(23)14-17(22)19-7-8-20-9-11-24-12-10-20/h4-6,13H,3,7-12,14H2,1-2H3,(H,19,22). The first-order chi connectivity index (χ1) is 11.6. The van der Waals surface area contributed by atoms with Crippen molar-refractivity contribution in [3.8, 4) is 0 Å². The van der Waals surface area contributed by atoms with Crippen molar-refractivity contribution < 1.29 is 14.3 Å². The molecule has 1 aliphatic rings. The van der Waals surface area contributed by atoms with Crippen molar-refractivity contribution in [2.45, 2.75) is 20.3 Å². The molecular weight excluding hydrogens is 306 g/mol. The number of anilines is 1. The average molecular weight is 333 g/mol. The first-order valence-corrected chi connectivity index (χ1v) is 8.54. The van der Waals surface area contributed by atoms with E-state index in [9.17, 15) is 9.59 Å². The molecule has 2 rings (SSSR count). The summed E-state index contributed by atoms with van der Waals surface area (Å²) in [5.74, 6) is -0.397. The highest BCUT2D eigenvalue weighted by atomic mass is 16.5. The molecule has 0 saturated carbocycles. The number of morpholine rings is 1. The molecule has 2 amide bonds. The molecule has 0 aromatic heterocycles. The maximum atomic E-state index is 12.4. The Balaban J connectivity index is 1.78. The maximum Gasteiger partial charge on any atom is 0.236 e. The lowest BCUT2D eigenvalue weighted by Crippen LogP contribution is -2.42. The summed E-state index contributed by atoms with van der Waals surface area (Å²) < 4.78 is 5.29. The topological polar surface area (TPSA) is 61.9 Å². The van der Waals surface area contributed by atoms with Gasteiger partial charge in [-0.25, -0.2) is 0 Å². The number of hydrogen-bond acceptors (Lipinski definition) is 4. The van der Waals surface area contributed by atoms with Gasteiger partial charge in [0.25, 0.3) is 0 Å². The first kappa shape index (κ1) is 18.4. The Morgan fingerprint density at radius 2 is 2.04 bits per heavy atom. The number of benzene rings is 1. The first-order valence-electron chi connectivity index (χ1n) is 8.54. The molecule has 0 aliphatic carbocycles. The van der Waals surface area contributed by atoms with E-state index in [4.69, 9.17) is 4.74 Å². The zero-order valence-corrected chi connectivity index (χ0v) is 14.6. The number of ether oxygens (including phenoxy) is 1. The van der Waals surface area contributed by atoms with Crippen LogP contribution >= 0.6 is 0 Å². The molecule has 0 atom stereocenters. The molecule has 132 valence electrons. The van der Waals surface area contributed by atoms with Crippen LogP contribution in [0, 0.1) is 6.92 Å². The zero-order chi connectivity index (χ0) is 17.4. The molecule has 24 heavy (non-hydrogen) atoms. The predicted molar refractivity (Wildman–Crippen MR) is 94.1 cm³/mol. The minimum Gasteiger partial charge on any atom is -0.379 e. The smallest absolute Gasteiger partial charge is 0.236 e. The van der Waals surface area contributed by atoms with Crippen LogP contribution in [0.3, 0.4) is 0 Å². The Morgan fingerprint density at radius 1 is 1.29 bits per heavy atom. The van der Waals surface area contributed by atoms with Gasteiger partial charge in [0, 0.05) is 38.4 Å². The van der Waals surface area contributed by atoms with Gasteiger partial charge in [-0.05, 0) is 31.5 Å². The van der Waals surface area contributed by atoms with Crippen LogP contribution in [0.1, 0.15) is 18.9 Å². The second kappa shape index (κ2) is 9.39. The van der Waals surface area contributed by atoms with Crippen molar-refractivity contribution in [2.24, 2.45) is 0 Å². The highest BCUT2D eigenvalue weighted by Crippen LogP contribution is 2.16. The van der Waals surface area contributed by atoms with E-state index < -0.39 is 0 Å². The Labute approximate surface area is 143 Å². The molecular formula is C18H27N3O3. The lowest BCUT2D eigenvalue weighted by atomic mass is 10.2. The molecule has 1 saturated heterocycles. The second-order valence-electron chi connectivity index (χ2n) is 5.96. The lowest BCUT2D eigenvalue weighted by molar-refractivity contribution is -0.127. The number of nitrogens with zero attached hydrogens (tertiary/aromatic N) is 2. The third-order valence-electron chi connectivity index (χ3n) is 4.10. The minimum absolute atomic E-state index is 0.120. The molecule has 6 heteroatoms. The summed E-state index contributed by atoms with van der Waals surface area (Å²) in [5, 5.41) is 2.83. The summed E-state index contributed by atoms with van der Waals surface area (Å²) in [6, 6.07) is 7.76. The van der Waals surface area contributed by atoms with Gasteiger partial charge in [0.2, 0.25) is 11.8 Å². The minimum atomic E-state index is -0.223. The van der Waals surface area contributed by atoms with E-state index in [0.29, 0.717) is 13.1 Å². The van der Waals surface area contributed by atoms with Gasteiger partial charge in [-0.3, -0.25) is 14.5 Å². The zero-order valence-electron chi connectivity index (χ0n) is 14.6. The quantitative estimate of drug-likeness (QED) is 0.762. The van der Waals surface area contributed by atoms with Gasteiger partial charge in [0.05, 0.1) is 13.2 Å². The highest BCUT2D eigenvalue weighted by Gasteiger charge is 2.18. The molecule has 0 bridgehead atoms. The van der Waals surface area contributed by atoms with Crippen LogP contribution in [0.5, 0.6) is 0 Å². The van der Waals surface area contributed by atoms with Crippen LogP contribution in [-0.4, -0.2) is 62.7 Å². The van der Waals surface area contributed by atoms with Crippen LogP contribution in [-0.2, 0) is 14.3 Å². The summed E-state index contributed by atoms with van der Waals surface area (Å²) in [5.41, 5.74) is 1.93. The Bertz CT molecular complexity index is 556. The molecule has 1 fully saturated rings. The van der Waals surface area contributed by atoms with E-state index in [1.165, 1.54) is 0 Å². The highest BCUT2D eigenvalue weighted by molar-refractivity contribution is 6.04. The number of rotatable bonds is 7. The number of nitrogens with one attached hydrogen (secondary N) is 1. The van der Waals surface area contributed by atoms with E-state index in [0.717, 1.165) is 44.1 Å². The number of carbonyl (C=O) groups is 2. The molecule has 6 nitrogen and oxygen atoms in total. The van der Waals surface area contributed by atoms with Gasteiger partial charge in [-0.15, -0.1) is 0 Å². The summed E-state index contributed by atoms with van der Waals surface area (Å²) in [6.45, 7) is 9.07. The van der Waals surface area contributed by atoms with Crippen molar-refractivity contribution in [3.05, 3.63) is 29.8 Å². The third kappa shape index (κ3) is 5.62. The molecule has 1 heterocycles. The van der Waals surface area contributed by atoms with Crippen LogP contribution in [0.15, 0.2) is 24.3 Å². The van der Waals surface area contributed by atoms with Crippen molar-refractivity contribution in [3.63, 3.8) is 0 Å². The summed E-state index contributed by atoms with van der Waals surface area (Å²) in [4.78, 5) is 28.3. The fourth-order valence-electron chi connectivity index (χ4n) is 2.77. The van der Waals surface area contributed by atoms with Gasteiger partial charge in [-0.2, -0.15) is 0 Å². The van der Waals surface area contributed by atoms with Crippen molar-refractivity contribution in [2.75, 3.05) is 50.8 Å². The number of aryl methyl sites for hydroxylation is 1. The van der Waals surface area contributed by atoms with E-state index in [2.05, 4.69) is 10.2 Å². The SMILES string of the molecule is CCN(C(=O)CC(=O)NCCN1CCOCC1)c1cccc(C)c1. The fourth-order valence-corrected chi connectivity index (χ4v) is 2.77. The maximum absolute atomic E-state index is 12.4. The Morgan fingerprint density at radius 3 is 2.71 bits per heavy atom. The molecule has 0 unspecified atom stereocenters. The van der Waals surface area contributed by atoms with Gasteiger partial charge in [-0.1, -0.05) is 12.1 Å². The predicted octanol–water partition coefficient (Wildman–Crippen LogP) is 1.19. The van der Waals surface area contributed by atoms with E-state index in [-0.39, 0.29) is 18.2 Å². The molecule has 1 aromatic carbocycles. The van der Waals surface area contributed by atoms with Gasteiger partial charge >= 0.3 is 0 Å². The second-order valence-corrected chi connectivity index (χ2v) is 5.96. The largest absolute Gasteiger partial charge is 0.379 e. The molecule has 1 N–H and O–H groups in total. The molecule has 0 spiro atoms. The molecule has 1 aliphatic heterocycles. The normalized spacial score (nSPS) is 15.1. The van der Waals surface area contributed by atoms with Crippen LogP contribution < -0.4 is 10.2 Å². The summed E-state index contributed by atoms with van der Waals surface area (Å²) >= 11 is 0. The van der Waals surface area contributed by atoms with Gasteiger partial charge in [0.15, 0.2) is 0 Å². The lowest BCUT2D eigenvalue weighted by Gasteiger charge is -2.26. The number of hydrogen-bond donors (Lipinski definition) is 1. The van der Waals surface area contributed by atoms with Crippen LogP contribution in [0.4, 0.5) is 5.69 Å². The van der Waals surface area contributed by atoms with Crippen molar-refractivity contribution in [1.29, 1.82) is 0 Å². The van der Waals surface area contributed by atoms with E-state index in [1.54, 1.807) is 4.90 Å². The molecule has 1 aromatic rings. The summed E-state index contributed by atoms with van der Waals surface area (Å²) in [6.07, 6.45) is -0.120. The average Bonchev–Trinajstić information content (AvgIpc) is 2.56.